The summed E-state index contributed by atoms with van der Waals surface area (Å²) in [4.78, 5) is 23.8. The minimum atomic E-state index is 0.226. The van der Waals surface area contributed by atoms with Crippen LogP contribution in [0.5, 0.6) is 5.75 Å². The Bertz CT molecular complexity index is 814. The lowest BCUT2D eigenvalue weighted by atomic mass is 10.2. The molecule has 2 fully saturated rings. The van der Waals surface area contributed by atoms with Crippen LogP contribution in [0.2, 0.25) is 0 Å². The van der Waals surface area contributed by atoms with Crippen LogP contribution in [-0.2, 0) is 16.1 Å². The SMILES string of the molecule is COc1cccc(-c2nc(CN3CCN(CC(=O)N4CCOCC4)CC3)cs2)c1. The highest BCUT2D eigenvalue weighted by atomic mass is 32.1. The molecule has 0 bridgehead atoms. The predicted molar refractivity (Wildman–Crippen MR) is 113 cm³/mol. The monoisotopic (exact) mass is 416 g/mol. The van der Waals surface area contributed by atoms with Crippen molar-refractivity contribution in [3.63, 3.8) is 0 Å². The Morgan fingerprint density at radius 1 is 1.14 bits per heavy atom. The molecule has 0 spiro atoms. The smallest absolute Gasteiger partial charge is 0.236 e. The van der Waals surface area contributed by atoms with E-state index in [1.165, 1.54) is 0 Å². The number of benzene rings is 1. The average Bonchev–Trinajstić information content (AvgIpc) is 3.24. The minimum absolute atomic E-state index is 0.226. The van der Waals surface area contributed by atoms with Crippen LogP contribution in [0.25, 0.3) is 10.6 Å². The van der Waals surface area contributed by atoms with Crippen LogP contribution in [0.1, 0.15) is 5.69 Å². The minimum Gasteiger partial charge on any atom is -0.497 e. The highest BCUT2D eigenvalue weighted by Gasteiger charge is 2.23. The Morgan fingerprint density at radius 3 is 2.66 bits per heavy atom. The summed E-state index contributed by atoms with van der Waals surface area (Å²) in [5.74, 6) is 1.08. The number of aromatic nitrogens is 1. The molecule has 2 aromatic rings. The first-order chi connectivity index (χ1) is 14.2. The number of nitrogens with zero attached hydrogens (tertiary/aromatic N) is 4. The third-order valence-corrected chi connectivity index (χ3v) is 6.38. The van der Waals surface area contributed by atoms with Crippen molar-refractivity contribution in [1.29, 1.82) is 0 Å². The van der Waals surface area contributed by atoms with Gasteiger partial charge in [0, 0.05) is 56.8 Å². The van der Waals surface area contributed by atoms with E-state index < -0.39 is 0 Å². The Balaban J connectivity index is 1.25. The highest BCUT2D eigenvalue weighted by molar-refractivity contribution is 7.13. The molecule has 1 aromatic carbocycles. The fraction of sp³-hybridized carbons (Fsp3) is 0.524. The van der Waals surface area contributed by atoms with Gasteiger partial charge in [0.1, 0.15) is 10.8 Å². The van der Waals surface area contributed by atoms with Crippen molar-refractivity contribution in [2.75, 3.05) is 66.1 Å². The molecule has 2 aliphatic rings. The molecule has 0 N–H and O–H groups in total. The molecule has 0 unspecified atom stereocenters. The predicted octanol–water partition coefficient (Wildman–Crippen LogP) is 1.80. The van der Waals surface area contributed by atoms with Crippen LogP contribution in [0, 0.1) is 0 Å². The zero-order chi connectivity index (χ0) is 20.1. The number of hydrogen-bond acceptors (Lipinski definition) is 7. The molecule has 0 aliphatic carbocycles. The van der Waals surface area contributed by atoms with Gasteiger partial charge in [0.15, 0.2) is 0 Å². The average molecular weight is 417 g/mol. The first-order valence-electron chi connectivity index (χ1n) is 10.1. The van der Waals surface area contributed by atoms with Crippen LogP contribution in [0.4, 0.5) is 0 Å². The second kappa shape index (κ2) is 9.67. The van der Waals surface area contributed by atoms with Crippen LogP contribution >= 0.6 is 11.3 Å². The van der Waals surface area contributed by atoms with E-state index in [4.69, 9.17) is 14.5 Å². The van der Waals surface area contributed by atoms with Crippen LogP contribution < -0.4 is 4.74 Å². The van der Waals surface area contributed by atoms with Gasteiger partial charge in [-0.25, -0.2) is 4.98 Å². The Morgan fingerprint density at radius 2 is 1.90 bits per heavy atom. The van der Waals surface area contributed by atoms with E-state index in [2.05, 4.69) is 21.2 Å². The number of carbonyl (C=O) groups is 1. The summed E-state index contributed by atoms with van der Waals surface area (Å²) >= 11 is 1.67. The van der Waals surface area contributed by atoms with Crippen LogP contribution in [-0.4, -0.2) is 91.7 Å². The topological polar surface area (TPSA) is 58.1 Å². The van der Waals surface area contributed by atoms with Crippen molar-refractivity contribution in [1.82, 2.24) is 19.7 Å². The Labute approximate surface area is 175 Å². The largest absolute Gasteiger partial charge is 0.497 e. The Kier molecular flexibility index (Phi) is 6.76. The molecule has 2 aliphatic heterocycles. The number of hydrogen-bond donors (Lipinski definition) is 0. The third kappa shape index (κ3) is 5.33. The van der Waals surface area contributed by atoms with Gasteiger partial charge in [0.2, 0.25) is 5.91 Å². The van der Waals surface area contributed by atoms with Gasteiger partial charge in [-0.05, 0) is 12.1 Å². The molecule has 0 atom stereocenters. The van der Waals surface area contributed by atoms with E-state index >= 15 is 0 Å². The summed E-state index contributed by atoms with van der Waals surface area (Å²) in [5.41, 5.74) is 2.19. The van der Waals surface area contributed by atoms with Crippen molar-refractivity contribution in [3.05, 3.63) is 35.3 Å². The fourth-order valence-electron chi connectivity index (χ4n) is 3.71. The number of carbonyl (C=O) groups excluding carboxylic acids is 1. The van der Waals surface area contributed by atoms with Crippen molar-refractivity contribution in [2.45, 2.75) is 6.54 Å². The molecule has 1 aromatic heterocycles. The van der Waals surface area contributed by atoms with Gasteiger partial charge >= 0.3 is 0 Å². The first kappa shape index (κ1) is 20.3. The summed E-state index contributed by atoms with van der Waals surface area (Å²) in [7, 11) is 1.68. The molecule has 0 saturated carbocycles. The maximum absolute atomic E-state index is 12.4. The normalized spacial score (nSPS) is 18.7. The maximum Gasteiger partial charge on any atom is 0.236 e. The second-order valence-electron chi connectivity index (χ2n) is 7.42. The van der Waals surface area contributed by atoms with Gasteiger partial charge in [-0.15, -0.1) is 11.3 Å². The molecule has 1 amide bonds. The molecule has 0 radical (unpaired) electrons. The van der Waals surface area contributed by atoms with Crippen LogP contribution in [0.3, 0.4) is 0 Å². The summed E-state index contributed by atoms with van der Waals surface area (Å²) in [5, 5.41) is 3.16. The number of methoxy groups -OCH3 is 1. The van der Waals surface area contributed by atoms with E-state index in [0.717, 1.165) is 67.8 Å². The summed E-state index contributed by atoms with van der Waals surface area (Å²) in [6.07, 6.45) is 0. The molecule has 4 rings (SSSR count). The quantitative estimate of drug-likeness (QED) is 0.716. The zero-order valence-corrected chi connectivity index (χ0v) is 17.7. The number of ether oxygens (including phenoxy) is 2. The van der Waals surface area contributed by atoms with Crippen molar-refractivity contribution < 1.29 is 14.3 Å². The lowest BCUT2D eigenvalue weighted by Gasteiger charge is -2.35. The standard InChI is InChI=1S/C21H28N4O3S/c1-27-19-4-2-3-17(13-19)21-22-18(16-29-21)14-23-5-7-24(8-6-23)15-20(26)25-9-11-28-12-10-25/h2-4,13,16H,5-12,14-15H2,1H3. The van der Waals surface area contributed by atoms with Gasteiger partial charge in [-0.2, -0.15) is 0 Å². The first-order valence-corrected chi connectivity index (χ1v) is 11.0. The molecule has 2 saturated heterocycles. The van der Waals surface area contributed by atoms with Gasteiger partial charge < -0.3 is 14.4 Å². The molecule has 8 heteroatoms. The van der Waals surface area contributed by atoms with Crippen molar-refractivity contribution >= 4 is 17.2 Å². The van der Waals surface area contributed by atoms with E-state index in [-0.39, 0.29) is 5.91 Å². The molecule has 29 heavy (non-hydrogen) atoms. The molecule has 7 nitrogen and oxygen atoms in total. The summed E-state index contributed by atoms with van der Waals surface area (Å²) in [6.45, 7) is 7.89. The maximum atomic E-state index is 12.4. The molecule has 3 heterocycles. The second-order valence-corrected chi connectivity index (χ2v) is 8.28. The third-order valence-electron chi connectivity index (χ3n) is 5.44. The van der Waals surface area contributed by atoms with Gasteiger partial charge in [-0.3, -0.25) is 14.6 Å². The number of rotatable bonds is 6. The lowest BCUT2D eigenvalue weighted by molar-refractivity contribution is -0.136. The summed E-state index contributed by atoms with van der Waals surface area (Å²) < 4.78 is 10.6. The van der Waals surface area contributed by atoms with Gasteiger partial charge in [-0.1, -0.05) is 12.1 Å². The highest BCUT2D eigenvalue weighted by Crippen LogP contribution is 2.27. The molecular formula is C21H28N4O3S. The van der Waals surface area contributed by atoms with E-state index in [1.807, 2.05) is 23.1 Å². The summed E-state index contributed by atoms with van der Waals surface area (Å²) in [6, 6.07) is 8.02. The number of thiazole rings is 1. The van der Waals surface area contributed by atoms with Crippen molar-refractivity contribution in [3.8, 4) is 16.3 Å². The van der Waals surface area contributed by atoms with Gasteiger partial charge in [0.25, 0.3) is 0 Å². The van der Waals surface area contributed by atoms with E-state index in [0.29, 0.717) is 19.8 Å². The number of amides is 1. The van der Waals surface area contributed by atoms with Gasteiger partial charge in [0.05, 0.1) is 32.6 Å². The lowest BCUT2D eigenvalue weighted by Crippen LogP contribution is -2.51. The molecule has 156 valence electrons. The van der Waals surface area contributed by atoms with Crippen LogP contribution in [0.15, 0.2) is 29.6 Å². The fourth-order valence-corrected chi connectivity index (χ4v) is 4.51. The van der Waals surface area contributed by atoms with E-state index in [9.17, 15) is 4.79 Å². The van der Waals surface area contributed by atoms with E-state index in [1.54, 1.807) is 18.4 Å². The van der Waals surface area contributed by atoms with Crippen molar-refractivity contribution in [2.24, 2.45) is 0 Å². The Hall–Kier alpha value is -2.00. The number of piperazine rings is 1. The number of morpholine rings is 1. The zero-order valence-electron chi connectivity index (χ0n) is 16.9. The molecular weight excluding hydrogens is 388 g/mol.